The number of fused-ring (bicyclic) bond motifs is 12. The van der Waals surface area contributed by atoms with Crippen LogP contribution >= 0.6 is 0 Å². The molecule has 9 aromatic carbocycles. The fraction of sp³-hybridized carbons (Fsp3) is 0.0182. The maximum absolute atomic E-state index is 7.30. The van der Waals surface area contributed by atoms with Crippen LogP contribution in [-0.2, 0) is 5.41 Å². The number of ether oxygens (including phenoxy) is 1. The van der Waals surface area contributed by atoms with Crippen LogP contribution in [0.5, 0.6) is 11.5 Å². The summed E-state index contributed by atoms with van der Waals surface area (Å²) in [5.74, 6) is 2.26. The van der Waals surface area contributed by atoms with E-state index < -0.39 is 5.41 Å². The SMILES string of the molecule is c1ccc(-c2cc(-c3ccc(-c4ccc5ccccc5c4)cc3)nc(-c3cccc4c3Oc3c(ccc5ccccc35)C43c4ccccc4-c4ccccc43)n2)cc1. The van der Waals surface area contributed by atoms with Crippen LogP contribution in [0.1, 0.15) is 22.3 Å². The van der Waals surface area contributed by atoms with Gasteiger partial charge in [-0.3, -0.25) is 0 Å². The molecule has 0 saturated carbocycles. The lowest BCUT2D eigenvalue weighted by Gasteiger charge is -2.40. The fourth-order valence-electron chi connectivity index (χ4n) is 9.50. The van der Waals surface area contributed by atoms with Crippen molar-refractivity contribution in [3.05, 3.63) is 229 Å². The van der Waals surface area contributed by atoms with Gasteiger partial charge < -0.3 is 4.74 Å². The zero-order chi connectivity index (χ0) is 38.2. The molecule has 1 aliphatic carbocycles. The van der Waals surface area contributed by atoms with E-state index in [9.17, 15) is 0 Å². The first-order valence-corrected chi connectivity index (χ1v) is 19.8. The third-order valence-electron chi connectivity index (χ3n) is 12.2. The van der Waals surface area contributed by atoms with Crippen molar-refractivity contribution in [3.8, 4) is 67.7 Å². The number of hydrogen-bond acceptors (Lipinski definition) is 3. The van der Waals surface area contributed by atoms with E-state index in [1.165, 1.54) is 38.6 Å². The molecule has 1 aliphatic heterocycles. The number of para-hydroxylation sites is 1. The van der Waals surface area contributed by atoms with Gasteiger partial charge in [0.25, 0.3) is 0 Å². The normalized spacial score (nSPS) is 13.1. The van der Waals surface area contributed by atoms with E-state index in [0.29, 0.717) is 5.82 Å². The van der Waals surface area contributed by atoms with Crippen LogP contribution in [0.15, 0.2) is 206 Å². The molecule has 0 amide bonds. The Hall–Kier alpha value is -7.62. The number of aromatic nitrogens is 2. The van der Waals surface area contributed by atoms with Crippen LogP contribution in [0.4, 0.5) is 0 Å². The molecule has 58 heavy (non-hydrogen) atoms. The van der Waals surface area contributed by atoms with Crippen LogP contribution in [0, 0.1) is 0 Å². The average Bonchev–Trinajstić information content (AvgIpc) is 3.59. The molecule has 1 spiro atoms. The molecule has 2 heterocycles. The Morgan fingerprint density at radius 2 is 0.862 bits per heavy atom. The van der Waals surface area contributed by atoms with Gasteiger partial charge >= 0.3 is 0 Å². The van der Waals surface area contributed by atoms with Crippen LogP contribution in [0.2, 0.25) is 0 Å². The second kappa shape index (κ2) is 12.7. The minimum atomic E-state index is -0.616. The molecular formula is C55H34N2O. The highest BCUT2D eigenvalue weighted by Gasteiger charge is 2.51. The summed E-state index contributed by atoms with van der Waals surface area (Å²) in [7, 11) is 0. The van der Waals surface area contributed by atoms with Crippen molar-refractivity contribution in [1.82, 2.24) is 9.97 Å². The van der Waals surface area contributed by atoms with Crippen molar-refractivity contribution in [1.29, 1.82) is 0 Å². The molecule has 3 heteroatoms. The summed E-state index contributed by atoms with van der Waals surface area (Å²) in [4.78, 5) is 10.7. The third-order valence-corrected chi connectivity index (χ3v) is 12.2. The Kier molecular flexibility index (Phi) is 7.14. The van der Waals surface area contributed by atoms with Gasteiger partial charge in [-0.15, -0.1) is 0 Å². The zero-order valence-electron chi connectivity index (χ0n) is 31.4. The van der Waals surface area contributed by atoms with Gasteiger partial charge in [-0.25, -0.2) is 9.97 Å². The summed E-state index contributed by atoms with van der Waals surface area (Å²) in [6.45, 7) is 0. The lowest BCUT2D eigenvalue weighted by Crippen LogP contribution is -2.32. The van der Waals surface area contributed by atoms with Crippen LogP contribution in [-0.4, -0.2) is 9.97 Å². The lowest BCUT2D eigenvalue weighted by atomic mass is 9.65. The number of hydrogen-bond donors (Lipinski definition) is 0. The van der Waals surface area contributed by atoms with Gasteiger partial charge in [-0.1, -0.05) is 188 Å². The number of nitrogens with zero attached hydrogens (tertiary/aromatic N) is 2. The maximum Gasteiger partial charge on any atom is 0.164 e. The quantitative estimate of drug-likeness (QED) is 0.180. The molecular weight excluding hydrogens is 705 g/mol. The zero-order valence-corrected chi connectivity index (χ0v) is 31.4. The molecule has 270 valence electrons. The highest BCUT2D eigenvalue weighted by atomic mass is 16.5. The Labute approximate surface area is 336 Å². The van der Waals surface area contributed by atoms with Crippen molar-refractivity contribution in [2.75, 3.05) is 0 Å². The van der Waals surface area contributed by atoms with E-state index in [1.807, 2.05) is 6.07 Å². The topological polar surface area (TPSA) is 35.0 Å². The molecule has 0 unspecified atom stereocenters. The summed E-state index contributed by atoms with van der Waals surface area (Å²) < 4.78 is 7.30. The minimum absolute atomic E-state index is 0.616. The Morgan fingerprint density at radius 3 is 1.62 bits per heavy atom. The third kappa shape index (κ3) is 4.80. The van der Waals surface area contributed by atoms with Crippen LogP contribution in [0.25, 0.3) is 77.7 Å². The van der Waals surface area contributed by atoms with E-state index in [2.05, 4.69) is 200 Å². The van der Waals surface area contributed by atoms with Gasteiger partial charge in [0.15, 0.2) is 5.82 Å². The first-order chi connectivity index (χ1) is 28.7. The Bertz CT molecular complexity index is 3210. The van der Waals surface area contributed by atoms with Gasteiger partial charge in [-0.2, -0.15) is 0 Å². The van der Waals surface area contributed by atoms with E-state index in [1.54, 1.807) is 0 Å². The first-order valence-electron chi connectivity index (χ1n) is 19.8. The van der Waals surface area contributed by atoms with Gasteiger partial charge in [0, 0.05) is 27.6 Å². The predicted octanol–water partition coefficient (Wildman–Crippen LogP) is 13.9. The van der Waals surface area contributed by atoms with E-state index >= 15 is 0 Å². The van der Waals surface area contributed by atoms with Gasteiger partial charge in [0.05, 0.1) is 22.4 Å². The lowest BCUT2D eigenvalue weighted by molar-refractivity contribution is 0.443. The van der Waals surface area contributed by atoms with E-state index in [0.717, 1.165) is 67.0 Å². The predicted molar refractivity (Wildman–Crippen MR) is 236 cm³/mol. The highest BCUT2D eigenvalue weighted by molar-refractivity contribution is 5.97. The molecule has 2 aliphatic rings. The highest BCUT2D eigenvalue weighted by Crippen LogP contribution is 2.64. The molecule has 12 rings (SSSR count). The summed E-state index contributed by atoms with van der Waals surface area (Å²) in [6, 6.07) is 73.6. The van der Waals surface area contributed by atoms with E-state index in [-0.39, 0.29) is 0 Å². The molecule has 0 fully saturated rings. The largest absolute Gasteiger partial charge is 0.455 e. The maximum atomic E-state index is 7.30. The fourth-order valence-corrected chi connectivity index (χ4v) is 9.50. The Balaban J connectivity index is 1.08. The average molecular weight is 739 g/mol. The summed E-state index contributed by atoms with van der Waals surface area (Å²) >= 11 is 0. The van der Waals surface area contributed by atoms with Crippen LogP contribution in [0.3, 0.4) is 0 Å². The molecule has 0 bridgehead atoms. The minimum Gasteiger partial charge on any atom is -0.455 e. The van der Waals surface area contributed by atoms with Crippen molar-refractivity contribution < 1.29 is 4.74 Å². The Morgan fingerprint density at radius 1 is 0.328 bits per heavy atom. The molecule has 0 atom stereocenters. The van der Waals surface area contributed by atoms with Gasteiger partial charge in [-0.05, 0) is 67.7 Å². The number of rotatable bonds is 4. The van der Waals surface area contributed by atoms with Crippen molar-refractivity contribution in [2.24, 2.45) is 0 Å². The van der Waals surface area contributed by atoms with Crippen molar-refractivity contribution in [3.63, 3.8) is 0 Å². The molecule has 3 nitrogen and oxygen atoms in total. The molecule has 1 aromatic heterocycles. The van der Waals surface area contributed by atoms with Crippen LogP contribution < -0.4 is 4.74 Å². The summed E-state index contributed by atoms with van der Waals surface area (Å²) in [6.07, 6.45) is 0. The second-order valence-corrected chi connectivity index (χ2v) is 15.3. The standard InChI is InChI=1S/C55H34N2O/c1-2-15-38(16-3-1)50-34-51(39-28-25-36(26-29-39)41-30-27-35-13-4-5-17-40(35)33-41)57-54(56-50)45-21-12-24-48-53(45)58-52-42-18-7-6-14-37(42)31-32-49(52)55(48)46-22-10-8-19-43(46)44-20-9-11-23-47(44)55/h1-34H. The summed E-state index contributed by atoms with van der Waals surface area (Å²) in [5, 5.41) is 4.68. The summed E-state index contributed by atoms with van der Waals surface area (Å²) in [5.41, 5.74) is 13.5. The number of benzene rings is 9. The monoisotopic (exact) mass is 738 g/mol. The van der Waals surface area contributed by atoms with Crippen molar-refractivity contribution >= 4 is 21.5 Å². The van der Waals surface area contributed by atoms with E-state index in [4.69, 9.17) is 14.7 Å². The smallest absolute Gasteiger partial charge is 0.164 e. The van der Waals surface area contributed by atoms with Crippen molar-refractivity contribution in [2.45, 2.75) is 5.41 Å². The first kappa shape index (κ1) is 32.6. The van der Waals surface area contributed by atoms with Gasteiger partial charge in [0.1, 0.15) is 11.5 Å². The van der Waals surface area contributed by atoms with Gasteiger partial charge in [0.2, 0.25) is 0 Å². The molecule has 0 N–H and O–H groups in total. The second-order valence-electron chi connectivity index (χ2n) is 15.3. The molecule has 0 radical (unpaired) electrons. The molecule has 10 aromatic rings. The molecule has 0 saturated heterocycles.